The number of nitrogens with one attached hydrogen (secondary N) is 3. The lowest BCUT2D eigenvalue weighted by molar-refractivity contribution is -0.115. The van der Waals surface area contributed by atoms with Gasteiger partial charge >= 0.3 is 0 Å². The Hall–Kier alpha value is -2.23. The first-order valence-electron chi connectivity index (χ1n) is 7.81. The van der Waals surface area contributed by atoms with Gasteiger partial charge in [0.25, 0.3) is 0 Å². The van der Waals surface area contributed by atoms with E-state index in [4.69, 9.17) is 0 Å². The topological polar surface area (TPSA) is 65.5 Å². The Morgan fingerprint density at radius 1 is 1.04 bits per heavy atom. The van der Waals surface area contributed by atoms with Crippen molar-refractivity contribution in [1.29, 1.82) is 0 Å². The molecule has 0 aliphatic carbocycles. The van der Waals surface area contributed by atoms with Gasteiger partial charge in [0.15, 0.2) is 5.96 Å². The van der Waals surface area contributed by atoms with E-state index in [0.29, 0.717) is 24.6 Å². The van der Waals surface area contributed by atoms with Gasteiger partial charge < -0.3 is 16.0 Å². The van der Waals surface area contributed by atoms with E-state index in [2.05, 4.69) is 20.9 Å². The molecule has 2 aromatic carbocycles. The Kier molecular flexibility index (Phi) is 9.56. The SMILES string of the molecule is CN=C(NCCc1cccc(F)c1)NCC(=O)Nc1cccc(F)c1.I. The van der Waals surface area contributed by atoms with Crippen molar-refractivity contribution in [3.8, 4) is 0 Å². The number of aliphatic imine (C=N–C) groups is 1. The molecule has 8 heteroatoms. The fourth-order valence-electron chi connectivity index (χ4n) is 2.17. The zero-order valence-corrected chi connectivity index (χ0v) is 16.6. The van der Waals surface area contributed by atoms with E-state index in [1.165, 1.54) is 30.3 Å². The number of rotatable bonds is 6. The van der Waals surface area contributed by atoms with E-state index in [0.717, 1.165) is 5.56 Å². The van der Waals surface area contributed by atoms with Crippen molar-refractivity contribution < 1.29 is 13.6 Å². The summed E-state index contributed by atoms with van der Waals surface area (Å²) in [7, 11) is 1.59. The second-order valence-corrected chi connectivity index (χ2v) is 5.29. The number of hydrogen-bond donors (Lipinski definition) is 3. The first-order chi connectivity index (χ1) is 12.1. The molecule has 26 heavy (non-hydrogen) atoms. The van der Waals surface area contributed by atoms with Crippen molar-refractivity contribution in [2.45, 2.75) is 6.42 Å². The zero-order chi connectivity index (χ0) is 18.1. The van der Waals surface area contributed by atoms with Gasteiger partial charge in [0, 0.05) is 19.3 Å². The molecule has 2 aromatic rings. The van der Waals surface area contributed by atoms with Crippen molar-refractivity contribution in [1.82, 2.24) is 10.6 Å². The number of anilines is 1. The van der Waals surface area contributed by atoms with E-state index in [-0.39, 0.29) is 42.2 Å². The van der Waals surface area contributed by atoms with E-state index < -0.39 is 5.82 Å². The predicted molar refractivity (Wildman–Crippen MR) is 110 cm³/mol. The average molecular weight is 474 g/mol. The summed E-state index contributed by atoms with van der Waals surface area (Å²) < 4.78 is 26.2. The number of carbonyl (C=O) groups is 1. The Morgan fingerprint density at radius 2 is 1.73 bits per heavy atom. The summed E-state index contributed by atoms with van der Waals surface area (Å²) in [6, 6.07) is 12.0. The summed E-state index contributed by atoms with van der Waals surface area (Å²) in [5.74, 6) is -0.556. The molecule has 140 valence electrons. The molecule has 1 amide bonds. The normalized spacial score (nSPS) is 10.7. The van der Waals surface area contributed by atoms with Gasteiger partial charge in [0.05, 0.1) is 6.54 Å². The molecule has 0 aliphatic rings. The maximum Gasteiger partial charge on any atom is 0.243 e. The number of nitrogens with zero attached hydrogens (tertiary/aromatic N) is 1. The van der Waals surface area contributed by atoms with Crippen molar-refractivity contribution >= 4 is 41.5 Å². The predicted octanol–water partition coefficient (Wildman–Crippen LogP) is 2.93. The summed E-state index contributed by atoms with van der Waals surface area (Å²) in [6.45, 7) is 0.519. The molecule has 0 fully saturated rings. The minimum atomic E-state index is -0.416. The highest BCUT2D eigenvalue weighted by Crippen LogP contribution is 2.08. The maximum atomic E-state index is 13.1. The Bertz CT molecular complexity index is 755. The van der Waals surface area contributed by atoms with Gasteiger partial charge in [-0.05, 0) is 42.3 Å². The van der Waals surface area contributed by atoms with Gasteiger partial charge in [-0.1, -0.05) is 18.2 Å². The van der Waals surface area contributed by atoms with Crippen molar-refractivity contribution in [3.05, 3.63) is 65.7 Å². The minimum absolute atomic E-state index is 0. The van der Waals surface area contributed by atoms with Crippen molar-refractivity contribution in [3.63, 3.8) is 0 Å². The summed E-state index contributed by atoms with van der Waals surface area (Å²) in [6.07, 6.45) is 0.619. The fraction of sp³-hybridized carbons (Fsp3) is 0.222. The van der Waals surface area contributed by atoms with Crippen LogP contribution in [-0.4, -0.2) is 32.0 Å². The van der Waals surface area contributed by atoms with Gasteiger partial charge in [-0.2, -0.15) is 0 Å². The Labute approximate surface area is 168 Å². The second kappa shape index (κ2) is 11.4. The van der Waals surface area contributed by atoms with Gasteiger partial charge in [-0.25, -0.2) is 8.78 Å². The lowest BCUT2D eigenvalue weighted by atomic mass is 10.1. The number of amides is 1. The van der Waals surface area contributed by atoms with E-state index in [1.807, 2.05) is 6.07 Å². The number of hydrogen-bond acceptors (Lipinski definition) is 2. The van der Waals surface area contributed by atoms with E-state index in [1.54, 1.807) is 19.2 Å². The van der Waals surface area contributed by atoms with Crippen molar-refractivity contribution in [2.75, 3.05) is 25.5 Å². The molecular weight excluding hydrogens is 453 g/mol. The molecule has 0 aliphatic heterocycles. The highest BCUT2D eigenvalue weighted by molar-refractivity contribution is 14.0. The first-order valence-corrected chi connectivity index (χ1v) is 7.81. The van der Waals surface area contributed by atoms with Crippen LogP contribution in [0.5, 0.6) is 0 Å². The number of benzene rings is 2. The molecule has 0 spiro atoms. The standard InChI is InChI=1S/C18H20F2N4O.HI/c1-21-18(22-9-8-13-4-2-5-14(19)10-13)23-12-17(25)24-16-7-3-6-15(20)11-16;/h2-7,10-11H,8-9,12H2,1H3,(H,24,25)(H2,21,22,23);1H. The molecule has 0 radical (unpaired) electrons. The molecule has 0 unspecified atom stereocenters. The minimum Gasteiger partial charge on any atom is -0.356 e. The third kappa shape index (κ3) is 7.77. The molecule has 0 atom stereocenters. The number of guanidine groups is 1. The van der Waals surface area contributed by atoms with Crippen LogP contribution in [0.1, 0.15) is 5.56 Å². The highest BCUT2D eigenvalue weighted by atomic mass is 127. The molecule has 0 heterocycles. The molecule has 0 aromatic heterocycles. The number of carbonyl (C=O) groups excluding carboxylic acids is 1. The monoisotopic (exact) mass is 474 g/mol. The summed E-state index contributed by atoms with van der Waals surface area (Å²) in [4.78, 5) is 15.9. The Morgan fingerprint density at radius 3 is 2.38 bits per heavy atom. The molecule has 0 saturated carbocycles. The van der Waals surface area contributed by atoms with Crippen LogP contribution in [0.2, 0.25) is 0 Å². The van der Waals surface area contributed by atoms with Crippen LogP contribution < -0.4 is 16.0 Å². The average Bonchev–Trinajstić information content (AvgIpc) is 2.58. The van der Waals surface area contributed by atoms with E-state index >= 15 is 0 Å². The quantitative estimate of drug-likeness (QED) is 0.343. The molecule has 0 bridgehead atoms. The Balaban J connectivity index is 0.00000338. The van der Waals surface area contributed by atoms with Crippen LogP contribution >= 0.6 is 24.0 Å². The molecular formula is C18H21F2IN4O. The van der Waals surface area contributed by atoms with Crippen LogP contribution in [0, 0.1) is 11.6 Å². The molecule has 2 rings (SSSR count). The highest BCUT2D eigenvalue weighted by Gasteiger charge is 2.05. The lowest BCUT2D eigenvalue weighted by Crippen LogP contribution is -2.42. The summed E-state index contributed by atoms with van der Waals surface area (Å²) >= 11 is 0. The third-order valence-corrected chi connectivity index (χ3v) is 3.34. The molecule has 5 nitrogen and oxygen atoms in total. The summed E-state index contributed by atoms with van der Waals surface area (Å²) in [5.41, 5.74) is 1.26. The maximum absolute atomic E-state index is 13.1. The van der Waals surface area contributed by atoms with Gasteiger partial charge in [0.1, 0.15) is 11.6 Å². The first kappa shape index (κ1) is 21.8. The molecule has 0 saturated heterocycles. The van der Waals surface area contributed by atoms with Crippen molar-refractivity contribution in [2.24, 2.45) is 4.99 Å². The van der Waals surface area contributed by atoms with Crippen LogP contribution in [0.25, 0.3) is 0 Å². The third-order valence-electron chi connectivity index (χ3n) is 3.34. The van der Waals surface area contributed by atoms with E-state index in [9.17, 15) is 13.6 Å². The smallest absolute Gasteiger partial charge is 0.243 e. The fourth-order valence-corrected chi connectivity index (χ4v) is 2.17. The lowest BCUT2D eigenvalue weighted by Gasteiger charge is -2.12. The van der Waals surface area contributed by atoms with Gasteiger partial charge in [0.2, 0.25) is 5.91 Å². The van der Waals surface area contributed by atoms with Crippen LogP contribution in [-0.2, 0) is 11.2 Å². The zero-order valence-electron chi connectivity index (χ0n) is 14.3. The van der Waals surface area contributed by atoms with Crippen LogP contribution in [0.15, 0.2) is 53.5 Å². The van der Waals surface area contributed by atoms with Gasteiger partial charge in [-0.15, -0.1) is 24.0 Å². The summed E-state index contributed by atoms with van der Waals surface area (Å²) in [5, 5.41) is 8.49. The largest absolute Gasteiger partial charge is 0.356 e. The van der Waals surface area contributed by atoms with Crippen LogP contribution in [0.3, 0.4) is 0 Å². The number of halogens is 3. The van der Waals surface area contributed by atoms with Gasteiger partial charge in [-0.3, -0.25) is 9.79 Å². The second-order valence-electron chi connectivity index (χ2n) is 5.29. The molecule has 3 N–H and O–H groups in total. The van der Waals surface area contributed by atoms with Crippen LogP contribution in [0.4, 0.5) is 14.5 Å².